The van der Waals surface area contributed by atoms with Gasteiger partial charge in [-0.3, -0.25) is 9.21 Å². The molecule has 0 aromatic carbocycles. The van der Waals surface area contributed by atoms with Crippen molar-refractivity contribution < 1.29 is 4.74 Å². The van der Waals surface area contributed by atoms with Gasteiger partial charge in [-0.05, 0) is 26.7 Å². The first-order valence-corrected chi connectivity index (χ1v) is 6.38. The minimum atomic E-state index is 0.391. The van der Waals surface area contributed by atoms with E-state index in [1.54, 1.807) is 0 Å². The maximum Gasteiger partial charge on any atom is 0.0678 e. The number of thiol groups is 1. The van der Waals surface area contributed by atoms with Crippen LogP contribution in [0.1, 0.15) is 26.7 Å². The molecule has 0 aromatic heterocycles. The first-order chi connectivity index (χ1) is 7.15. The number of piperidine rings is 1. The molecule has 2 aliphatic rings. The standard InChI is InChI=1S/C11H22N2OS/c1-9-7-12(8-10(2)14-9)11-3-5-13(15)6-4-11/h9-11,15H,3-8H2,1-2H3. The molecule has 2 heterocycles. The summed E-state index contributed by atoms with van der Waals surface area (Å²) in [7, 11) is 0. The Hall–Kier alpha value is 0.230. The normalized spacial score (nSPS) is 37.0. The van der Waals surface area contributed by atoms with Crippen LogP contribution in [0.15, 0.2) is 0 Å². The largest absolute Gasteiger partial charge is 0.373 e. The number of morpholine rings is 1. The highest BCUT2D eigenvalue weighted by atomic mass is 32.1. The van der Waals surface area contributed by atoms with Crippen LogP contribution in [0.3, 0.4) is 0 Å². The molecule has 0 spiro atoms. The van der Waals surface area contributed by atoms with Gasteiger partial charge in [0.2, 0.25) is 0 Å². The van der Waals surface area contributed by atoms with Gasteiger partial charge in [0.1, 0.15) is 0 Å². The van der Waals surface area contributed by atoms with E-state index in [2.05, 4.69) is 35.9 Å². The minimum Gasteiger partial charge on any atom is -0.373 e. The summed E-state index contributed by atoms with van der Waals surface area (Å²) in [6.07, 6.45) is 3.29. The van der Waals surface area contributed by atoms with Crippen LogP contribution in [0.2, 0.25) is 0 Å². The zero-order valence-corrected chi connectivity index (χ0v) is 10.6. The number of hydrogen-bond acceptors (Lipinski definition) is 4. The zero-order valence-electron chi connectivity index (χ0n) is 9.72. The smallest absolute Gasteiger partial charge is 0.0678 e. The van der Waals surface area contributed by atoms with Crippen LogP contribution < -0.4 is 0 Å². The van der Waals surface area contributed by atoms with Crippen LogP contribution in [-0.2, 0) is 4.74 Å². The molecule has 2 fully saturated rings. The van der Waals surface area contributed by atoms with E-state index in [1.165, 1.54) is 12.8 Å². The van der Waals surface area contributed by atoms with Gasteiger partial charge in [-0.15, -0.1) is 0 Å². The van der Waals surface area contributed by atoms with Gasteiger partial charge in [-0.25, -0.2) is 0 Å². The maximum absolute atomic E-state index is 5.76. The Balaban J connectivity index is 1.87. The van der Waals surface area contributed by atoms with Gasteiger partial charge in [-0.2, -0.15) is 0 Å². The SMILES string of the molecule is CC1CN(C2CCN(S)CC2)CC(C)O1. The van der Waals surface area contributed by atoms with Crippen molar-refractivity contribution in [3.8, 4) is 0 Å². The first-order valence-electron chi connectivity index (χ1n) is 5.98. The summed E-state index contributed by atoms with van der Waals surface area (Å²) in [5.41, 5.74) is 0. The lowest BCUT2D eigenvalue weighted by molar-refractivity contribution is -0.0845. The number of hydrogen-bond donors (Lipinski definition) is 1. The average molecular weight is 230 g/mol. The lowest BCUT2D eigenvalue weighted by Gasteiger charge is -2.42. The lowest BCUT2D eigenvalue weighted by atomic mass is 10.0. The molecule has 0 aromatic rings. The fourth-order valence-corrected chi connectivity index (χ4v) is 2.96. The van der Waals surface area contributed by atoms with Crippen LogP contribution in [-0.4, -0.2) is 53.6 Å². The monoisotopic (exact) mass is 230 g/mol. The third-order valence-electron chi connectivity index (χ3n) is 3.41. The summed E-state index contributed by atoms with van der Waals surface area (Å²) < 4.78 is 7.89. The van der Waals surface area contributed by atoms with Crippen LogP contribution in [0.5, 0.6) is 0 Å². The molecule has 0 bridgehead atoms. The molecule has 0 saturated carbocycles. The molecular weight excluding hydrogens is 208 g/mol. The molecule has 3 nitrogen and oxygen atoms in total. The summed E-state index contributed by atoms with van der Waals surface area (Å²) in [6, 6.07) is 0.752. The Bertz CT molecular complexity index is 197. The lowest BCUT2D eigenvalue weighted by Crippen LogP contribution is -2.52. The van der Waals surface area contributed by atoms with Gasteiger partial charge < -0.3 is 4.74 Å². The summed E-state index contributed by atoms with van der Waals surface area (Å²) in [5.74, 6) is 0. The van der Waals surface area contributed by atoms with Crippen molar-refractivity contribution in [3.05, 3.63) is 0 Å². The molecule has 4 heteroatoms. The van der Waals surface area contributed by atoms with Gasteiger partial charge >= 0.3 is 0 Å². The van der Waals surface area contributed by atoms with Gasteiger partial charge in [0.15, 0.2) is 0 Å². The highest BCUT2D eigenvalue weighted by Gasteiger charge is 2.29. The molecule has 0 amide bonds. The third-order valence-corrected chi connectivity index (χ3v) is 3.81. The molecule has 2 unspecified atom stereocenters. The van der Waals surface area contributed by atoms with E-state index in [1.807, 2.05) is 0 Å². The number of rotatable bonds is 1. The van der Waals surface area contributed by atoms with Crippen molar-refractivity contribution in [3.63, 3.8) is 0 Å². The molecule has 0 radical (unpaired) electrons. The van der Waals surface area contributed by atoms with Gasteiger partial charge in [0, 0.05) is 32.2 Å². The third kappa shape index (κ3) is 3.09. The van der Waals surface area contributed by atoms with Crippen molar-refractivity contribution in [1.82, 2.24) is 9.21 Å². The van der Waals surface area contributed by atoms with Crippen molar-refractivity contribution in [2.45, 2.75) is 44.9 Å². The number of ether oxygens (including phenoxy) is 1. The van der Waals surface area contributed by atoms with E-state index >= 15 is 0 Å². The van der Waals surface area contributed by atoms with E-state index in [9.17, 15) is 0 Å². The molecule has 2 atom stereocenters. The van der Waals surface area contributed by atoms with E-state index in [4.69, 9.17) is 4.74 Å². The zero-order chi connectivity index (χ0) is 10.8. The highest BCUT2D eigenvalue weighted by molar-refractivity contribution is 7.77. The fraction of sp³-hybridized carbons (Fsp3) is 1.00. The minimum absolute atomic E-state index is 0.391. The Morgan fingerprint density at radius 3 is 2.13 bits per heavy atom. The van der Waals surface area contributed by atoms with Crippen LogP contribution in [0.25, 0.3) is 0 Å². The Labute approximate surface area is 98.3 Å². The Morgan fingerprint density at radius 2 is 1.60 bits per heavy atom. The van der Waals surface area contributed by atoms with E-state index < -0.39 is 0 Å². The second-order valence-corrected chi connectivity index (χ2v) is 5.46. The van der Waals surface area contributed by atoms with E-state index in [0.29, 0.717) is 12.2 Å². The second kappa shape index (κ2) is 5.04. The summed E-state index contributed by atoms with van der Waals surface area (Å²) in [6.45, 7) is 8.79. The van der Waals surface area contributed by atoms with Crippen LogP contribution in [0.4, 0.5) is 0 Å². The Kier molecular flexibility index (Phi) is 3.93. The van der Waals surface area contributed by atoms with Crippen molar-refractivity contribution in [2.24, 2.45) is 0 Å². The first kappa shape index (κ1) is 11.7. The van der Waals surface area contributed by atoms with E-state index in [-0.39, 0.29) is 0 Å². The second-order valence-electron chi connectivity index (χ2n) is 4.90. The molecule has 2 aliphatic heterocycles. The summed E-state index contributed by atoms with van der Waals surface area (Å²) >= 11 is 4.39. The Morgan fingerprint density at radius 1 is 1.07 bits per heavy atom. The predicted octanol–water partition coefficient (Wildman–Crippen LogP) is 1.40. The topological polar surface area (TPSA) is 15.7 Å². The van der Waals surface area contributed by atoms with Gasteiger partial charge in [0.05, 0.1) is 12.2 Å². The molecule has 88 valence electrons. The number of nitrogens with zero attached hydrogens (tertiary/aromatic N) is 2. The molecule has 0 aliphatic carbocycles. The highest BCUT2D eigenvalue weighted by Crippen LogP contribution is 2.21. The summed E-state index contributed by atoms with van der Waals surface area (Å²) in [5, 5.41) is 0. The van der Waals surface area contributed by atoms with Crippen molar-refractivity contribution >= 4 is 12.8 Å². The van der Waals surface area contributed by atoms with Crippen molar-refractivity contribution in [2.75, 3.05) is 26.2 Å². The maximum atomic E-state index is 5.76. The quantitative estimate of drug-likeness (QED) is 0.686. The summed E-state index contributed by atoms with van der Waals surface area (Å²) in [4.78, 5) is 2.61. The average Bonchev–Trinajstić information content (AvgIpc) is 2.17. The van der Waals surface area contributed by atoms with Crippen LogP contribution in [0, 0.1) is 0 Å². The molecule has 15 heavy (non-hydrogen) atoms. The molecular formula is C11H22N2OS. The van der Waals surface area contributed by atoms with Crippen molar-refractivity contribution in [1.29, 1.82) is 0 Å². The van der Waals surface area contributed by atoms with Crippen LogP contribution >= 0.6 is 12.8 Å². The fourth-order valence-electron chi connectivity index (χ4n) is 2.73. The van der Waals surface area contributed by atoms with Gasteiger partial charge in [-0.1, -0.05) is 12.8 Å². The molecule has 0 N–H and O–H groups in total. The molecule has 2 rings (SSSR count). The van der Waals surface area contributed by atoms with Gasteiger partial charge in [0.25, 0.3) is 0 Å². The predicted molar refractivity (Wildman–Crippen MR) is 65.2 cm³/mol. The molecule has 2 saturated heterocycles. The van der Waals surface area contributed by atoms with E-state index in [0.717, 1.165) is 32.2 Å².